The van der Waals surface area contributed by atoms with Gasteiger partial charge in [-0.2, -0.15) is 0 Å². The molecular formula is C17H24ClN3O2. The number of halogens is 1. The first-order chi connectivity index (χ1) is 11.2. The van der Waals surface area contributed by atoms with Crippen LogP contribution in [0.4, 0.5) is 10.5 Å². The molecule has 5 nitrogen and oxygen atoms in total. The third-order valence-corrected chi connectivity index (χ3v) is 4.89. The molecule has 3 rings (SSSR count). The first-order valence-electron chi connectivity index (χ1n) is 8.39. The zero-order chi connectivity index (χ0) is 16.2. The lowest BCUT2D eigenvalue weighted by molar-refractivity contribution is 0.210. The number of nitrogens with zero attached hydrogens (tertiary/aromatic N) is 2. The zero-order valence-corrected chi connectivity index (χ0v) is 14.3. The molecule has 0 spiro atoms. The predicted molar refractivity (Wildman–Crippen MR) is 92.4 cm³/mol. The van der Waals surface area contributed by atoms with Gasteiger partial charge in [0.25, 0.3) is 0 Å². The van der Waals surface area contributed by atoms with Gasteiger partial charge in [-0.15, -0.1) is 0 Å². The summed E-state index contributed by atoms with van der Waals surface area (Å²) in [6, 6.07) is 5.82. The van der Waals surface area contributed by atoms with E-state index in [1.807, 2.05) is 17.9 Å². The van der Waals surface area contributed by atoms with E-state index in [0.717, 1.165) is 19.5 Å². The number of benzene rings is 1. The zero-order valence-electron chi connectivity index (χ0n) is 13.6. The van der Waals surface area contributed by atoms with Crippen molar-refractivity contribution in [3.05, 3.63) is 23.2 Å². The Bertz CT molecular complexity index is 561. The summed E-state index contributed by atoms with van der Waals surface area (Å²) in [4.78, 5) is 16.8. The maximum absolute atomic E-state index is 12.4. The second kappa shape index (κ2) is 7.41. The molecule has 1 aromatic rings. The van der Waals surface area contributed by atoms with Gasteiger partial charge in [-0.3, -0.25) is 4.90 Å². The second-order valence-corrected chi connectivity index (χ2v) is 6.55. The van der Waals surface area contributed by atoms with Crippen molar-refractivity contribution in [3.63, 3.8) is 0 Å². The maximum Gasteiger partial charge on any atom is 0.321 e. The number of hydrogen-bond donors (Lipinski definition) is 1. The van der Waals surface area contributed by atoms with Gasteiger partial charge >= 0.3 is 6.03 Å². The summed E-state index contributed by atoms with van der Waals surface area (Å²) in [7, 11) is 0. The van der Waals surface area contributed by atoms with Crippen LogP contribution in [0.25, 0.3) is 0 Å². The molecule has 2 fully saturated rings. The number of hydrogen-bond acceptors (Lipinski definition) is 3. The minimum atomic E-state index is -0.0491. The number of anilines is 1. The molecule has 0 aromatic heterocycles. The standard InChI is InChI=1S/C17H24ClN3O2/c1-2-23-16-6-5-13(11-15(16)18)19-17(22)21-10-7-14(12-21)20-8-3-4-9-20/h5-6,11,14H,2-4,7-10,12H2,1H3,(H,19,22)/t14-/m1/s1. The van der Waals surface area contributed by atoms with Crippen LogP contribution in [-0.4, -0.2) is 54.7 Å². The monoisotopic (exact) mass is 337 g/mol. The Morgan fingerprint density at radius 2 is 2.13 bits per heavy atom. The van der Waals surface area contributed by atoms with Crippen LogP contribution in [0.15, 0.2) is 18.2 Å². The van der Waals surface area contributed by atoms with E-state index in [9.17, 15) is 4.79 Å². The van der Waals surface area contributed by atoms with Crippen LogP contribution in [0.5, 0.6) is 5.75 Å². The summed E-state index contributed by atoms with van der Waals surface area (Å²) in [5, 5.41) is 3.45. The lowest BCUT2D eigenvalue weighted by Gasteiger charge is -2.23. The van der Waals surface area contributed by atoms with Crippen LogP contribution in [0.1, 0.15) is 26.2 Å². The third-order valence-electron chi connectivity index (χ3n) is 4.59. The van der Waals surface area contributed by atoms with E-state index in [2.05, 4.69) is 10.2 Å². The van der Waals surface area contributed by atoms with Crippen molar-refractivity contribution in [2.24, 2.45) is 0 Å². The average molecular weight is 338 g/mol. The largest absolute Gasteiger partial charge is 0.492 e. The highest BCUT2D eigenvalue weighted by atomic mass is 35.5. The quantitative estimate of drug-likeness (QED) is 0.915. The van der Waals surface area contributed by atoms with Crippen LogP contribution < -0.4 is 10.1 Å². The van der Waals surface area contributed by atoms with E-state index in [1.165, 1.54) is 25.9 Å². The van der Waals surface area contributed by atoms with Crippen molar-refractivity contribution in [3.8, 4) is 5.75 Å². The number of carbonyl (C=O) groups is 1. The topological polar surface area (TPSA) is 44.8 Å². The number of carbonyl (C=O) groups excluding carboxylic acids is 1. The van der Waals surface area contributed by atoms with Crippen LogP contribution in [0.3, 0.4) is 0 Å². The fourth-order valence-corrected chi connectivity index (χ4v) is 3.62. The number of likely N-dealkylation sites (tertiary alicyclic amines) is 2. The van der Waals surface area contributed by atoms with Gasteiger partial charge in [0.05, 0.1) is 11.6 Å². The molecule has 0 radical (unpaired) electrons. The van der Waals surface area contributed by atoms with Gasteiger partial charge < -0.3 is 15.0 Å². The summed E-state index contributed by atoms with van der Waals surface area (Å²) >= 11 is 6.16. The molecule has 2 aliphatic rings. The molecule has 0 saturated carbocycles. The lowest BCUT2D eigenvalue weighted by atomic mass is 10.2. The molecule has 2 aliphatic heterocycles. The number of nitrogens with one attached hydrogen (secondary N) is 1. The van der Waals surface area contributed by atoms with Crippen molar-refractivity contribution in [2.45, 2.75) is 32.2 Å². The predicted octanol–water partition coefficient (Wildman–Crippen LogP) is 3.44. The van der Waals surface area contributed by atoms with E-state index in [0.29, 0.717) is 29.1 Å². The molecule has 0 unspecified atom stereocenters. The van der Waals surface area contributed by atoms with Crippen LogP contribution >= 0.6 is 11.6 Å². The first-order valence-corrected chi connectivity index (χ1v) is 8.77. The van der Waals surface area contributed by atoms with Gasteiger partial charge in [-0.25, -0.2) is 4.79 Å². The highest BCUT2D eigenvalue weighted by Crippen LogP contribution is 2.28. The van der Waals surface area contributed by atoms with Gasteiger partial charge in [0.15, 0.2) is 0 Å². The number of rotatable bonds is 4. The summed E-state index contributed by atoms with van der Waals surface area (Å²) in [6.07, 6.45) is 3.64. The van der Waals surface area contributed by atoms with Gasteiger partial charge in [-0.05, 0) is 57.5 Å². The molecule has 23 heavy (non-hydrogen) atoms. The van der Waals surface area contributed by atoms with Crippen molar-refractivity contribution < 1.29 is 9.53 Å². The normalized spacial score (nSPS) is 21.7. The fourth-order valence-electron chi connectivity index (χ4n) is 3.38. The molecule has 2 heterocycles. The van der Waals surface area contributed by atoms with Gasteiger partial charge in [-0.1, -0.05) is 11.6 Å². The lowest BCUT2D eigenvalue weighted by Crippen LogP contribution is -2.38. The summed E-state index contributed by atoms with van der Waals surface area (Å²) in [6.45, 7) is 6.46. The molecule has 1 atom stereocenters. The second-order valence-electron chi connectivity index (χ2n) is 6.14. The molecule has 0 bridgehead atoms. The fraction of sp³-hybridized carbons (Fsp3) is 0.588. The van der Waals surface area contributed by atoms with E-state index in [-0.39, 0.29) is 6.03 Å². The molecular weight excluding hydrogens is 314 g/mol. The number of amides is 2. The van der Waals surface area contributed by atoms with Gasteiger partial charge in [0.2, 0.25) is 0 Å². The van der Waals surface area contributed by atoms with Crippen molar-refractivity contribution in [1.82, 2.24) is 9.80 Å². The SMILES string of the molecule is CCOc1ccc(NC(=O)N2CC[C@@H](N3CCCC3)C2)cc1Cl. The van der Waals surface area contributed by atoms with Crippen molar-refractivity contribution >= 4 is 23.3 Å². The Kier molecular flexibility index (Phi) is 5.28. The van der Waals surface area contributed by atoms with Crippen LogP contribution in [0, 0.1) is 0 Å². The molecule has 1 aromatic carbocycles. The van der Waals surface area contributed by atoms with Crippen molar-refractivity contribution in [2.75, 3.05) is 38.1 Å². The smallest absolute Gasteiger partial charge is 0.321 e. The minimum Gasteiger partial charge on any atom is -0.492 e. The highest BCUT2D eigenvalue weighted by Gasteiger charge is 2.31. The summed E-state index contributed by atoms with van der Waals surface area (Å²) in [5.41, 5.74) is 0.702. The van der Waals surface area contributed by atoms with E-state index < -0.39 is 0 Å². The Morgan fingerprint density at radius 3 is 2.83 bits per heavy atom. The highest BCUT2D eigenvalue weighted by molar-refractivity contribution is 6.32. The molecule has 2 saturated heterocycles. The Hall–Kier alpha value is -1.46. The van der Waals surface area contributed by atoms with E-state index in [4.69, 9.17) is 16.3 Å². The molecule has 1 N–H and O–H groups in total. The summed E-state index contributed by atoms with van der Waals surface area (Å²) < 4.78 is 5.41. The van der Waals surface area contributed by atoms with Crippen LogP contribution in [-0.2, 0) is 0 Å². The Labute approximate surface area is 142 Å². The van der Waals surface area contributed by atoms with Crippen LogP contribution in [0.2, 0.25) is 5.02 Å². The van der Waals surface area contributed by atoms with Crippen molar-refractivity contribution in [1.29, 1.82) is 0 Å². The Balaban J connectivity index is 1.56. The molecule has 0 aliphatic carbocycles. The molecule has 126 valence electrons. The number of ether oxygens (including phenoxy) is 1. The number of urea groups is 1. The van der Waals surface area contributed by atoms with E-state index in [1.54, 1.807) is 12.1 Å². The third kappa shape index (κ3) is 3.90. The maximum atomic E-state index is 12.4. The van der Waals surface area contributed by atoms with Gasteiger partial charge in [0, 0.05) is 24.8 Å². The van der Waals surface area contributed by atoms with Gasteiger partial charge in [0.1, 0.15) is 5.75 Å². The first kappa shape index (κ1) is 16.4. The minimum absolute atomic E-state index is 0.0491. The molecule has 6 heteroatoms. The average Bonchev–Trinajstić information content (AvgIpc) is 3.20. The van der Waals surface area contributed by atoms with E-state index >= 15 is 0 Å². The summed E-state index contributed by atoms with van der Waals surface area (Å²) in [5.74, 6) is 0.641. The molecule has 2 amide bonds. The Morgan fingerprint density at radius 1 is 1.35 bits per heavy atom.